The van der Waals surface area contributed by atoms with Crippen LogP contribution in [-0.2, 0) is 4.74 Å². The number of likely N-dealkylation sites (N-methyl/N-ethyl adjacent to an activating group) is 1. The summed E-state index contributed by atoms with van der Waals surface area (Å²) in [5.74, 6) is 0.961. The normalized spacial score (nSPS) is 19.2. The fourth-order valence-corrected chi connectivity index (χ4v) is 2.00. The zero-order chi connectivity index (χ0) is 9.36. The standard InChI is InChI=1S/C11H23NO/c1-12-8-10-13-9-7-11-5-3-2-4-6-11/h11-12H,2-10H2,1H3. The van der Waals surface area contributed by atoms with Gasteiger partial charge in [-0.1, -0.05) is 32.1 Å². The maximum Gasteiger partial charge on any atom is 0.0590 e. The number of hydrogen-bond donors (Lipinski definition) is 1. The Kier molecular flexibility index (Phi) is 6.21. The molecule has 0 aliphatic heterocycles. The second-order valence-electron chi connectivity index (χ2n) is 4.01. The zero-order valence-electron chi connectivity index (χ0n) is 8.85. The highest BCUT2D eigenvalue weighted by atomic mass is 16.5. The molecule has 0 saturated heterocycles. The van der Waals surface area contributed by atoms with E-state index in [-0.39, 0.29) is 0 Å². The molecule has 2 heteroatoms. The third-order valence-electron chi connectivity index (χ3n) is 2.89. The average molecular weight is 185 g/mol. The van der Waals surface area contributed by atoms with Gasteiger partial charge in [0.1, 0.15) is 0 Å². The minimum atomic E-state index is 0.864. The van der Waals surface area contributed by atoms with Crippen LogP contribution >= 0.6 is 0 Å². The number of hydrogen-bond acceptors (Lipinski definition) is 2. The van der Waals surface area contributed by atoms with Crippen molar-refractivity contribution in [1.82, 2.24) is 5.32 Å². The first kappa shape index (κ1) is 11.0. The maximum atomic E-state index is 5.51. The van der Waals surface area contributed by atoms with Gasteiger partial charge in [0, 0.05) is 13.2 Å². The first-order valence-corrected chi connectivity index (χ1v) is 5.66. The Morgan fingerprint density at radius 3 is 2.62 bits per heavy atom. The summed E-state index contributed by atoms with van der Waals surface area (Å²) in [6, 6.07) is 0. The van der Waals surface area contributed by atoms with E-state index in [1.807, 2.05) is 7.05 Å². The van der Waals surface area contributed by atoms with Crippen LogP contribution in [0.1, 0.15) is 38.5 Å². The van der Waals surface area contributed by atoms with Crippen LogP contribution in [0.25, 0.3) is 0 Å². The van der Waals surface area contributed by atoms with Crippen LogP contribution in [0, 0.1) is 5.92 Å². The molecule has 0 spiro atoms. The van der Waals surface area contributed by atoms with E-state index in [0.717, 1.165) is 25.7 Å². The lowest BCUT2D eigenvalue weighted by molar-refractivity contribution is 0.116. The van der Waals surface area contributed by atoms with Gasteiger partial charge in [0.2, 0.25) is 0 Å². The molecule has 1 saturated carbocycles. The molecule has 0 unspecified atom stereocenters. The van der Waals surface area contributed by atoms with E-state index in [0.29, 0.717) is 0 Å². The second kappa shape index (κ2) is 7.34. The maximum absolute atomic E-state index is 5.51. The van der Waals surface area contributed by atoms with Crippen molar-refractivity contribution in [1.29, 1.82) is 0 Å². The predicted molar refractivity (Wildman–Crippen MR) is 55.9 cm³/mol. The van der Waals surface area contributed by atoms with Crippen LogP contribution in [0.5, 0.6) is 0 Å². The van der Waals surface area contributed by atoms with Gasteiger partial charge in [-0.3, -0.25) is 0 Å². The molecule has 0 aromatic carbocycles. The molecule has 0 amide bonds. The van der Waals surface area contributed by atoms with Crippen molar-refractivity contribution < 1.29 is 4.74 Å². The Morgan fingerprint density at radius 1 is 1.15 bits per heavy atom. The van der Waals surface area contributed by atoms with Crippen molar-refractivity contribution >= 4 is 0 Å². The van der Waals surface area contributed by atoms with Crippen molar-refractivity contribution in [3.8, 4) is 0 Å². The Hall–Kier alpha value is -0.0800. The first-order chi connectivity index (χ1) is 6.43. The van der Waals surface area contributed by atoms with Gasteiger partial charge >= 0.3 is 0 Å². The van der Waals surface area contributed by atoms with Crippen LogP contribution in [0.15, 0.2) is 0 Å². The fraction of sp³-hybridized carbons (Fsp3) is 1.00. The molecule has 1 fully saturated rings. The van der Waals surface area contributed by atoms with Gasteiger partial charge in [0.05, 0.1) is 6.61 Å². The summed E-state index contributed by atoms with van der Waals surface area (Å²) in [5, 5.41) is 3.08. The second-order valence-corrected chi connectivity index (χ2v) is 4.01. The zero-order valence-corrected chi connectivity index (χ0v) is 8.85. The molecule has 78 valence electrons. The molecule has 0 heterocycles. The van der Waals surface area contributed by atoms with Gasteiger partial charge in [-0.05, 0) is 19.4 Å². The van der Waals surface area contributed by atoms with E-state index in [9.17, 15) is 0 Å². The summed E-state index contributed by atoms with van der Waals surface area (Å²) in [6.07, 6.45) is 8.51. The molecule has 13 heavy (non-hydrogen) atoms. The quantitative estimate of drug-likeness (QED) is 0.640. The van der Waals surface area contributed by atoms with Crippen molar-refractivity contribution in [2.75, 3.05) is 26.8 Å². The molecule has 1 N–H and O–H groups in total. The van der Waals surface area contributed by atoms with Gasteiger partial charge in [0.25, 0.3) is 0 Å². The summed E-state index contributed by atoms with van der Waals surface area (Å²) >= 11 is 0. The molecule has 1 aliphatic rings. The molecule has 0 bridgehead atoms. The highest BCUT2D eigenvalue weighted by Gasteiger charge is 2.12. The first-order valence-electron chi connectivity index (χ1n) is 5.66. The van der Waals surface area contributed by atoms with Crippen LogP contribution in [0.3, 0.4) is 0 Å². The lowest BCUT2D eigenvalue weighted by Gasteiger charge is -2.21. The molecule has 0 aromatic heterocycles. The van der Waals surface area contributed by atoms with Crippen LogP contribution in [0.4, 0.5) is 0 Å². The Balaban J connectivity index is 1.86. The molecule has 1 aliphatic carbocycles. The number of ether oxygens (including phenoxy) is 1. The fourth-order valence-electron chi connectivity index (χ4n) is 2.00. The monoisotopic (exact) mass is 185 g/mol. The molecule has 0 radical (unpaired) electrons. The van der Waals surface area contributed by atoms with E-state index in [1.54, 1.807) is 0 Å². The van der Waals surface area contributed by atoms with E-state index in [1.165, 1.54) is 38.5 Å². The molecule has 0 aromatic rings. The highest BCUT2D eigenvalue weighted by molar-refractivity contribution is 4.65. The largest absolute Gasteiger partial charge is 0.380 e. The Labute approximate surface area is 82.0 Å². The van der Waals surface area contributed by atoms with Gasteiger partial charge in [-0.25, -0.2) is 0 Å². The van der Waals surface area contributed by atoms with Crippen molar-refractivity contribution in [2.45, 2.75) is 38.5 Å². The van der Waals surface area contributed by atoms with Gasteiger partial charge in [-0.15, -0.1) is 0 Å². The number of nitrogens with one attached hydrogen (secondary N) is 1. The minimum absolute atomic E-state index is 0.864. The molecular formula is C11H23NO. The Bertz CT molecular complexity index is 111. The average Bonchev–Trinajstić information content (AvgIpc) is 2.19. The topological polar surface area (TPSA) is 21.3 Å². The summed E-state index contributed by atoms with van der Waals surface area (Å²) < 4.78 is 5.51. The molecule has 0 atom stereocenters. The smallest absolute Gasteiger partial charge is 0.0590 e. The van der Waals surface area contributed by atoms with E-state index < -0.39 is 0 Å². The highest BCUT2D eigenvalue weighted by Crippen LogP contribution is 2.25. The summed E-state index contributed by atoms with van der Waals surface area (Å²) in [6.45, 7) is 2.81. The molecule has 1 rings (SSSR count). The predicted octanol–water partition coefficient (Wildman–Crippen LogP) is 2.19. The van der Waals surface area contributed by atoms with Crippen molar-refractivity contribution in [2.24, 2.45) is 5.92 Å². The van der Waals surface area contributed by atoms with E-state index in [4.69, 9.17) is 4.74 Å². The van der Waals surface area contributed by atoms with Crippen LogP contribution in [-0.4, -0.2) is 26.8 Å². The summed E-state index contributed by atoms with van der Waals surface area (Å²) in [5.41, 5.74) is 0. The lowest BCUT2D eigenvalue weighted by atomic mass is 9.87. The lowest BCUT2D eigenvalue weighted by Crippen LogP contribution is -2.16. The number of rotatable bonds is 6. The van der Waals surface area contributed by atoms with E-state index >= 15 is 0 Å². The molecule has 2 nitrogen and oxygen atoms in total. The molecular weight excluding hydrogens is 162 g/mol. The van der Waals surface area contributed by atoms with Crippen molar-refractivity contribution in [3.63, 3.8) is 0 Å². The summed E-state index contributed by atoms with van der Waals surface area (Å²) in [7, 11) is 1.96. The SMILES string of the molecule is CNCCOCCC1CCCCC1. The Morgan fingerprint density at radius 2 is 1.92 bits per heavy atom. The van der Waals surface area contributed by atoms with Gasteiger partial charge in [0.15, 0.2) is 0 Å². The van der Waals surface area contributed by atoms with Crippen molar-refractivity contribution in [3.05, 3.63) is 0 Å². The van der Waals surface area contributed by atoms with Gasteiger partial charge in [-0.2, -0.15) is 0 Å². The minimum Gasteiger partial charge on any atom is -0.380 e. The van der Waals surface area contributed by atoms with Crippen LogP contribution in [0.2, 0.25) is 0 Å². The van der Waals surface area contributed by atoms with Crippen LogP contribution < -0.4 is 5.32 Å². The van der Waals surface area contributed by atoms with E-state index in [2.05, 4.69) is 5.32 Å². The summed E-state index contributed by atoms with van der Waals surface area (Å²) in [4.78, 5) is 0. The third-order valence-corrected chi connectivity index (χ3v) is 2.89. The van der Waals surface area contributed by atoms with Gasteiger partial charge < -0.3 is 10.1 Å². The third kappa shape index (κ3) is 5.27.